The zero-order valence-electron chi connectivity index (χ0n) is 7.32. The maximum atomic E-state index is 3.91. The summed E-state index contributed by atoms with van der Waals surface area (Å²) in [4.78, 5) is 0. The number of hydrogen-bond acceptors (Lipinski definition) is 1. The molecule has 0 saturated heterocycles. The van der Waals surface area contributed by atoms with Crippen LogP contribution < -0.4 is 5.32 Å². The molecule has 1 N–H and O–H groups in total. The Balaban J connectivity index is 3.21. The van der Waals surface area contributed by atoms with Gasteiger partial charge in [-0.1, -0.05) is 22.5 Å². The summed E-state index contributed by atoms with van der Waals surface area (Å²) in [6, 6.07) is 6.11. The first-order chi connectivity index (χ1) is 5.65. The van der Waals surface area contributed by atoms with Crippen molar-refractivity contribution >= 4 is 27.2 Å². The first kappa shape index (κ1) is 9.33. The Bertz CT molecular complexity index is 305. The van der Waals surface area contributed by atoms with E-state index in [4.69, 9.17) is 0 Å². The lowest BCUT2D eigenvalue weighted by Crippen LogP contribution is -1.92. The van der Waals surface area contributed by atoms with E-state index in [1.807, 2.05) is 26.1 Å². The van der Waals surface area contributed by atoms with E-state index < -0.39 is 0 Å². The highest BCUT2D eigenvalue weighted by atomic mass is 79.9. The van der Waals surface area contributed by atoms with Crippen LogP contribution in [-0.4, -0.2) is 7.05 Å². The fraction of sp³-hybridized carbons (Fsp3) is 0.200. The van der Waals surface area contributed by atoms with E-state index in [0.717, 1.165) is 21.3 Å². The number of halogens is 1. The standard InChI is InChI=1S/C10H12BrN/c1-7(2)9-6-8(11)4-5-10(9)12-3/h4-6,12H,1H2,2-3H3. The molecule has 0 aliphatic rings. The predicted octanol–water partition coefficient (Wildman–Crippen LogP) is 3.52. The van der Waals surface area contributed by atoms with Crippen LogP contribution in [0.25, 0.3) is 5.57 Å². The van der Waals surface area contributed by atoms with Crippen molar-refractivity contribution in [3.63, 3.8) is 0 Å². The molecule has 2 heteroatoms. The molecule has 0 aliphatic heterocycles. The summed E-state index contributed by atoms with van der Waals surface area (Å²) >= 11 is 3.42. The third kappa shape index (κ3) is 1.89. The van der Waals surface area contributed by atoms with E-state index in [2.05, 4.69) is 33.9 Å². The Morgan fingerprint density at radius 3 is 2.67 bits per heavy atom. The summed E-state index contributed by atoms with van der Waals surface area (Å²) < 4.78 is 1.08. The molecular weight excluding hydrogens is 214 g/mol. The topological polar surface area (TPSA) is 12.0 Å². The van der Waals surface area contributed by atoms with Gasteiger partial charge in [0.15, 0.2) is 0 Å². The molecule has 12 heavy (non-hydrogen) atoms. The van der Waals surface area contributed by atoms with Gasteiger partial charge in [-0.15, -0.1) is 0 Å². The second-order valence-electron chi connectivity index (χ2n) is 2.72. The van der Waals surface area contributed by atoms with Gasteiger partial charge in [0, 0.05) is 22.8 Å². The minimum absolute atomic E-state index is 1.07. The highest BCUT2D eigenvalue weighted by Crippen LogP contribution is 2.25. The normalized spacial score (nSPS) is 9.58. The van der Waals surface area contributed by atoms with E-state index in [0.29, 0.717) is 0 Å². The number of hydrogen-bond donors (Lipinski definition) is 1. The summed E-state index contributed by atoms with van der Waals surface area (Å²) in [5.74, 6) is 0. The van der Waals surface area contributed by atoms with Gasteiger partial charge in [0.2, 0.25) is 0 Å². The van der Waals surface area contributed by atoms with Crippen LogP contribution >= 0.6 is 15.9 Å². The van der Waals surface area contributed by atoms with Crippen LogP contribution in [0.1, 0.15) is 12.5 Å². The maximum Gasteiger partial charge on any atom is 0.0414 e. The monoisotopic (exact) mass is 225 g/mol. The van der Waals surface area contributed by atoms with E-state index in [1.54, 1.807) is 0 Å². The summed E-state index contributed by atoms with van der Waals surface area (Å²) in [6.45, 7) is 5.92. The van der Waals surface area contributed by atoms with Crippen LogP contribution in [0.3, 0.4) is 0 Å². The average molecular weight is 226 g/mol. The van der Waals surface area contributed by atoms with Crippen LogP contribution in [-0.2, 0) is 0 Å². The van der Waals surface area contributed by atoms with Gasteiger partial charge in [-0.2, -0.15) is 0 Å². The van der Waals surface area contributed by atoms with E-state index in [-0.39, 0.29) is 0 Å². The highest BCUT2D eigenvalue weighted by molar-refractivity contribution is 9.10. The van der Waals surface area contributed by atoms with Crippen molar-refractivity contribution in [3.8, 4) is 0 Å². The number of rotatable bonds is 2. The molecule has 0 aliphatic carbocycles. The molecule has 1 rings (SSSR count). The number of allylic oxidation sites excluding steroid dienone is 1. The van der Waals surface area contributed by atoms with Crippen LogP contribution in [0, 0.1) is 0 Å². The molecule has 64 valence electrons. The van der Waals surface area contributed by atoms with E-state index in [9.17, 15) is 0 Å². The number of nitrogens with one attached hydrogen (secondary N) is 1. The Hall–Kier alpha value is -0.760. The Morgan fingerprint density at radius 2 is 2.17 bits per heavy atom. The van der Waals surface area contributed by atoms with Gasteiger partial charge < -0.3 is 5.32 Å². The maximum absolute atomic E-state index is 3.91. The van der Waals surface area contributed by atoms with Crippen molar-refractivity contribution in [3.05, 3.63) is 34.8 Å². The quantitative estimate of drug-likeness (QED) is 0.813. The van der Waals surface area contributed by atoms with Crippen molar-refractivity contribution in [1.82, 2.24) is 0 Å². The zero-order valence-corrected chi connectivity index (χ0v) is 8.90. The summed E-state index contributed by atoms with van der Waals surface area (Å²) in [7, 11) is 1.91. The minimum Gasteiger partial charge on any atom is -0.388 e. The molecule has 0 radical (unpaired) electrons. The molecule has 0 saturated carbocycles. The van der Waals surface area contributed by atoms with Gasteiger partial charge in [-0.25, -0.2) is 0 Å². The molecule has 1 nitrogen and oxygen atoms in total. The van der Waals surface area contributed by atoms with Crippen LogP contribution in [0.2, 0.25) is 0 Å². The highest BCUT2D eigenvalue weighted by Gasteiger charge is 2.01. The second kappa shape index (κ2) is 3.76. The molecule has 0 atom stereocenters. The van der Waals surface area contributed by atoms with Gasteiger partial charge >= 0.3 is 0 Å². The molecule has 0 aromatic heterocycles. The lowest BCUT2D eigenvalue weighted by atomic mass is 10.1. The smallest absolute Gasteiger partial charge is 0.0414 e. The minimum atomic E-state index is 1.07. The third-order valence-corrected chi connectivity index (χ3v) is 2.20. The lowest BCUT2D eigenvalue weighted by molar-refractivity contribution is 1.45. The number of anilines is 1. The van der Waals surface area contributed by atoms with Gasteiger partial charge in [-0.05, 0) is 30.7 Å². The van der Waals surface area contributed by atoms with Crippen molar-refractivity contribution in [1.29, 1.82) is 0 Å². The molecule has 0 amide bonds. The number of benzene rings is 1. The van der Waals surface area contributed by atoms with Crippen molar-refractivity contribution in [2.24, 2.45) is 0 Å². The molecular formula is C10H12BrN. The summed E-state index contributed by atoms with van der Waals surface area (Å²) in [5, 5.41) is 3.12. The van der Waals surface area contributed by atoms with E-state index >= 15 is 0 Å². The van der Waals surface area contributed by atoms with Crippen molar-refractivity contribution < 1.29 is 0 Å². The Kier molecular flexibility index (Phi) is 2.93. The molecule has 0 heterocycles. The molecule has 0 bridgehead atoms. The largest absolute Gasteiger partial charge is 0.388 e. The lowest BCUT2D eigenvalue weighted by Gasteiger charge is -2.08. The summed E-state index contributed by atoms with van der Waals surface area (Å²) in [6.07, 6.45) is 0. The molecule has 0 spiro atoms. The predicted molar refractivity (Wildman–Crippen MR) is 58.4 cm³/mol. The van der Waals surface area contributed by atoms with Crippen LogP contribution in [0.5, 0.6) is 0 Å². The molecule has 0 unspecified atom stereocenters. The molecule has 1 aromatic carbocycles. The van der Waals surface area contributed by atoms with E-state index in [1.165, 1.54) is 0 Å². The zero-order chi connectivity index (χ0) is 9.14. The van der Waals surface area contributed by atoms with Gasteiger partial charge in [0.05, 0.1) is 0 Å². The van der Waals surface area contributed by atoms with Gasteiger partial charge in [0.1, 0.15) is 0 Å². The molecule has 0 fully saturated rings. The van der Waals surface area contributed by atoms with Gasteiger partial charge in [0.25, 0.3) is 0 Å². The molecule has 1 aromatic rings. The first-order valence-corrected chi connectivity index (χ1v) is 4.57. The Labute approximate surface area is 81.6 Å². The van der Waals surface area contributed by atoms with Crippen molar-refractivity contribution in [2.45, 2.75) is 6.92 Å². The first-order valence-electron chi connectivity index (χ1n) is 3.78. The van der Waals surface area contributed by atoms with Crippen LogP contribution in [0.15, 0.2) is 29.3 Å². The SMILES string of the molecule is C=C(C)c1cc(Br)ccc1NC. The Morgan fingerprint density at radius 1 is 1.50 bits per heavy atom. The van der Waals surface area contributed by atoms with Gasteiger partial charge in [-0.3, -0.25) is 0 Å². The second-order valence-corrected chi connectivity index (χ2v) is 3.64. The fourth-order valence-electron chi connectivity index (χ4n) is 1.09. The summed E-state index contributed by atoms with van der Waals surface area (Å²) in [5.41, 5.74) is 3.35. The third-order valence-electron chi connectivity index (χ3n) is 1.71. The average Bonchev–Trinajstić information content (AvgIpc) is 2.04. The fourth-order valence-corrected chi connectivity index (χ4v) is 1.45. The van der Waals surface area contributed by atoms with Crippen LogP contribution in [0.4, 0.5) is 5.69 Å². The van der Waals surface area contributed by atoms with Crippen molar-refractivity contribution in [2.75, 3.05) is 12.4 Å².